The Hall–Kier alpha value is -4.25. The summed E-state index contributed by atoms with van der Waals surface area (Å²) in [5.74, 6) is 0. The van der Waals surface area contributed by atoms with E-state index in [1.54, 1.807) is 12.1 Å². The predicted molar refractivity (Wildman–Crippen MR) is 129 cm³/mol. The van der Waals surface area contributed by atoms with Gasteiger partial charge in [0.15, 0.2) is 0 Å². The van der Waals surface area contributed by atoms with Crippen LogP contribution in [0, 0.1) is 10.1 Å². The van der Waals surface area contributed by atoms with Gasteiger partial charge in [0, 0.05) is 48.1 Å². The molecule has 0 aliphatic carbocycles. The van der Waals surface area contributed by atoms with Crippen molar-refractivity contribution in [3.8, 4) is 0 Å². The molecule has 1 aliphatic heterocycles. The van der Waals surface area contributed by atoms with Gasteiger partial charge in [-0.2, -0.15) is 0 Å². The van der Waals surface area contributed by atoms with Gasteiger partial charge in [0.25, 0.3) is 5.69 Å². The van der Waals surface area contributed by atoms with Gasteiger partial charge in [0.2, 0.25) is 0 Å². The van der Waals surface area contributed by atoms with E-state index in [-0.39, 0.29) is 10.6 Å². The first kappa shape index (κ1) is 19.7. The molecule has 0 atom stereocenters. The third-order valence-electron chi connectivity index (χ3n) is 5.67. The van der Waals surface area contributed by atoms with Crippen molar-refractivity contribution in [1.82, 2.24) is 4.98 Å². The summed E-state index contributed by atoms with van der Waals surface area (Å²) in [6.45, 7) is 1.46. The highest BCUT2D eigenvalue weighted by Crippen LogP contribution is 2.33. The number of allylic oxidation sites excluding steroid dienone is 2. The Morgan fingerprint density at radius 1 is 0.969 bits per heavy atom. The van der Waals surface area contributed by atoms with Crippen molar-refractivity contribution in [3.63, 3.8) is 0 Å². The Balaban J connectivity index is 1.39. The molecule has 5 rings (SSSR count). The van der Waals surface area contributed by atoms with E-state index in [4.69, 9.17) is 0 Å². The molecule has 0 fully saturated rings. The number of benzene rings is 3. The summed E-state index contributed by atoms with van der Waals surface area (Å²) in [6, 6.07) is 25.4. The molecule has 1 aliphatic rings. The number of pyridine rings is 1. The molecule has 0 spiro atoms. The molecule has 0 amide bonds. The topological polar surface area (TPSA) is 59.3 Å². The van der Waals surface area contributed by atoms with Gasteiger partial charge in [0.05, 0.1) is 10.4 Å². The Morgan fingerprint density at radius 3 is 2.59 bits per heavy atom. The molecule has 5 heteroatoms. The number of hydrogen-bond acceptors (Lipinski definition) is 4. The number of nitro groups is 1. The lowest BCUT2D eigenvalue weighted by atomic mass is 9.97. The summed E-state index contributed by atoms with van der Waals surface area (Å²) < 4.78 is 0. The fourth-order valence-corrected chi connectivity index (χ4v) is 4.03. The first-order chi connectivity index (χ1) is 15.7. The number of anilines is 1. The molecule has 3 aromatic carbocycles. The van der Waals surface area contributed by atoms with Crippen LogP contribution in [0.15, 0.2) is 97.2 Å². The van der Waals surface area contributed by atoms with Gasteiger partial charge in [0.1, 0.15) is 0 Å². The van der Waals surface area contributed by atoms with Crippen LogP contribution in [0.4, 0.5) is 11.4 Å². The normalized spacial score (nSPS) is 13.2. The van der Waals surface area contributed by atoms with E-state index in [0.29, 0.717) is 6.54 Å². The van der Waals surface area contributed by atoms with Gasteiger partial charge in [-0.25, -0.2) is 0 Å². The van der Waals surface area contributed by atoms with Gasteiger partial charge < -0.3 is 4.90 Å². The minimum absolute atomic E-state index is 0.114. The molecule has 156 valence electrons. The zero-order chi connectivity index (χ0) is 21.9. The highest BCUT2D eigenvalue weighted by atomic mass is 16.6. The molecule has 5 nitrogen and oxygen atoms in total. The molecule has 0 N–H and O–H groups in total. The van der Waals surface area contributed by atoms with E-state index < -0.39 is 0 Å². The van der Waals surface area contributed by atoms with Crippen LogP contribution >= 0.6 is 0 Å². The Labute approximate surface area is 186 Å². The molecule has 1 aromatic heterocycles. The molecular weight excluding hydrogens is 398 g/mol. The molecule has 0 bridgehead atoms. The average Bonchev–Trinajstić information content (AvgIpc) is 2.84. The van der Waals surface area contributed by atoms with Gasteiger partial charge in [-0.15, -0.1) is 0 Å². The van der Waals surface area contributed by atoms with Crippen LogP contribution in [0.5, 0.6) is 0 Å². The minimum atomic E-state index is -0.369. The highest BCUT2D eigenvalue weighted by Gasteiger charge is 2.17. The lowest BCUT2D eigenvalue weighted by molar-refractivity contribution is -0.384. The summed E-state index contributed by atoms with van der Waals surface area (Å²) in [4.78, 5) is 17.4. The van der Waals surface area contributed by atoms with Crippen molar-refractivity contribution < 1.29 is 4.92 Å². The summed E-state index contributed by atoms with van der Waals surface area (Å²) in [5, 5.41) is 12.0. The summed E-state index contributed by atoms with van der Waals surface area (Å²) in [6.07, 6.45) is 8.37. The van der Waals surface area contributed by atoms with Gasteiger partial charge in [-0.1, -0.05) is 66.8 Å². The highest BCUT2D eigenvalue weighted by molar-refractivity contribution is 5.88. The van der Waals surface area contributed by atoms with Crippen LogP contribution in [-0.2, 0) is 6.54 Å². The Morgan fingerprint density at radius 2 is 1.75 bits per heavy atom. The van der Waals surface area contributed by atoms with E-state index in [1.165, 1.54) is 11.1 Å². The fourth-order valence-electron chi connectivity index (χ4n) is 4.03. The van der Waals surface area contributed by atoms with Crippen LogP contribution in [0.2, 0.25) is 0 Å². The summed E-state index contributed by atoms with van der Waals surface area (Å²) >= 11 is 0. The number of non-ortho nitro benzene ring substituents is 1. The van der Waals surface area contributed by atoms with Crippen molar-refractivity contribution in [2.45, 2.75) is 6.54 Å². The molecule has 4 aromatic rings. The van der Waals surface area contributed by atoms with E-state index in [9.17, 15) is 10.1 Å². The maximum Gasteiger partial charge on any atom is 0.269 e. The van der Waals surface area contributed by atoms with Gasteiger partial charge >= 0.3 is 0 Å². The van der Waals surface area contributed by atoms with Crippen LogP contribution in [-0.4, -0.2) is 16.5 Å². The van der Waals surface area contributed by atoms with Crippen molar-refractivity contribution >= 4 is 33.9 Å². The zero-order valence-corrected chi connectivity index (χ0v) is 17.4. The minimum Gasteiger partial charge on any atom is -0.363 e. The van der Waals surface area contributed by atoms with E-state index >= 15 is 0 Å². The maximum atomic E-state index is 10.9. The lowest BCUT2D eigenvalue weighted by Gasteiger charge is -2.30. The number of aromatic nitrogens is 1. The quantitative estimate of drug-likeness (QED) is 0.283. The van der Waals surface area contributed by atoms with Crippen molar-refractivity contribution in [2.24, 2.45) is 0 Å². The number of fused-ring (bicyclic) bond motifs is 2. The maximum absolute atomic E-state index is 10.9. The first-order valence-corrected chi connectivity index (χ1v) is 10.5. The third-order valence-corrected chi connectivity index (χ3v) is 5.67. The lowest BCUT2D eigenvalue weighted by Crippen LogP contribution is -2.26. The Kier molecular flexibility index (Phi) is 5.22. The molecule has 0 saturated carbocycles. The second-order valence-corrected chi connectivity index (χ2v) is 7.78. The molecule has 2 heterocycles. The predicted octanol–water partition coefficient (Wildman–Crippen LogP) is 6.26. The van der Waals surface area contributed by atoms with Crippen LogP contribution in [0.1, 0.15) is 16.7 Å². The summed E-state index contributed by atoms with van der Waals surface area (Å²) in [7, 11) is 0. The standard InChI is InChI=1S/C27H21N3O2/c31-30(32)24-13-10-20(11-14-24)19-29-16-15-22(25-6-2-4-8-27(25)29)12-9-21-17-23-5-1-3-7-26(23)28-18-21/h1-15,17-18H,16,19H2. The number of rotatable bonds is 5. The van der Waals surface area contributed by atoms with E-state index in [1.807, 2.05) is 48.7 Å². The van der Waals surface area contributed by atoms with Crippen molar-refractivity contribution in [3.05, 3.63) is 124 Å². The SMILES string of the molecule is O=[N+]([O-])c1ccc(CN2CC=C(C=Cc3cnc4ccccc4c3)c3ccccc32)cc1. The largest absolute Gasteiger partial charge is 0.363 e. The molecular formula is C27H21N3O2. The summed E-state index contributed by atoms with van der Waals surface area (Å²) in [5.41, 5.74) is 6.72. The molecule has 32 heavy (non-hydrogen) atoms. The second kappa shape index (κ2) is 8.47. The van der Waals surface area contributed by atoms with Gasteiger partial charge in [-0.3, -0.25) is 15.1 Å². The monoisotopic (exact) mass is 419 g/mol. The second-order valence-electron chi connectivity index (χ2n) is 7.78. The first-order valence-electron chi connectivity index (χ1n) is 10.5. The van der Waals surface area contributed by atoms with Crippen LogP contribution in [0.25, 0.3) is 22.6 Å². The van der Waals surface area contributed by atoms with E-state index in [2.05, 4.69) is 52.4 Å². The number of nitro benzene ring substituents is 1. The number of para-hydroxylation sites is 2. The smallest absolute Gasteiger partial charge is 0.269 e. The Bertz CT molecular complexity index is 1360. The van der Waals surface area contributed by atoms with Crippen LogP contribution in [0.3, 0.4) is 0 Å². The van der Waals surface area contributed by atoms with Gasteiger partial charge in [-0.05, 0) is 34.9 Å². The van der Waals surface area contributed by atoms with Crippen LogP contribution < -0.4 is 4.90 Å². The van der Waals surface area contributed by atoms with Crippen molar-refractivity contribution in [2.75, 3.05) is 11.4 Å². The number of nitrogens with zero attached hydrogens (tertiary/aromatic N) is 3. The zero-order valence-electron chi connectivity index (χ0n) is 17.4. The fraction of sp³-hybridized carbons (Fsp3) is 0.0741. The van der Waals surface area contributed by atoms with E-state index in [0.717, 1.165) is 34.3 Å². The molecule has 0 radical (unpaired) electrons. The molecule has 0 saturated heterocycles. The number of hydrogen-bond donors (Lipinski definition) is 0. The molecule has 0 unspecified atom stereocenters. The average molecular weight is 419 g/mol. The van der Waals surface area contributed by atoms with Crippen molar-refractivity contribution in [1.29, 1.82) is 0 Å². The third kappa shape index (κ3) is 4.01.